The molecule has 1 aromatic heterocycles. The highest BCUT2D eigenvalue weighted by atomic mass is 35.5. The SMILES string of the molecule is CC1=C(C(=O)Nc2ccccc2C)C(c2ccc(OCC(=O)N3CCCCC3)cc2)n2nc(SCc3ccccc3Cl)nc2N1. The van der Waals surface area contributed by atoms with Crippen LogP contribution in [0.3, 0.4) is 0 Å². The Morgan fingerprint density at radius 3 is 2.49 bits per heavy atom. The van der Waals surface area contributed by atoms with Gasteiger partial charge in [-0.05, 0) is 74.1 Å². The number of nitrogens with zero attached hydrogens (tertiary/aromatic N) is 4. The third-order valence-electron chi connectivity index (χ3n) is 8.05. The Hall–Kier alpha value is -4.28. The van der Waals surface area contributed by atoms with Crippen molar-refractivity contribution in [2.24, 2.45) is 0 Å². The number of carbonyl (C=O) groups excluding carboxylic acids is 2. The third-order valence-corrected chi connectivity index (χ3v) is 9.31. The highest BCUT2D eigenvalue weighted by molar-refractivity contribution is 7.98. The molecule has 0 spiro atoms. The van der Waals surface area contributed by atoms with Crippen LogP contribution in [-0.4, -0.2) is 51.2 Å². The summed E-state index contributed by atoms with van der Waals surface area (Å²) in [4.78, 5) is 33.2. The molecule has 1 saturated heterocycles. The number of fused-ring (bicyclic) bond motifs is 1. The van der Waals surface area contributed by atoms with Crippen LogP contribution < -0.4 is 15.4 Å². The maximum atomic E-state index is 13.9. The molecule has 2 N–H and O–H groups in total. The second-order valence-electron chi connectivity index (χ2n) is 11.2. The van der Waals surface area contributed by atoms with Gasteiger partial charge in [0, 0.05) is 35.2 Å². The molecule has 1 fully saturated rings. The molecule has 3 aromatic carbocycles. The summed E-state index contributed by atoms with van der Waals surface area (Å²) in [6.07, 6.45) is 3.23. The molecule has 0 aliphatic carbocycles. The molecule has 2 amide bonds. The maximum absolute atomic E-state index is 13.9. The van der Waals surface area contributed by atoms with Crippen molar-refractivity contribution in [3.63, 3.8) is 0 Å². The van der Waals surface area contributed by atoms with Crippen molar-refractivity contribution in [3.05, 3.63) is 106 Å². The summed E-state index contributed by atoms with van der Waals surface area (Å²) < 4.78 is 7.62. The van der Waals surface area contributed by atoms with Crippen LogP contribution in [0.25, 0.3) is 0 Å². The van der Waals surface area contributed by atoms with Gasteiger partial charge >= 0.3 is 0 Å². The summed E-state index contributed by atoms with van der Waals surface area (Å²) in [5.74, 6) is 1.49. The maximum Gasteiger partial charge on any atom is 0.260 e. The predicted molar refractivity (Wildman–Crippen MR) is 178 cm³/mol. The molecular formula is C34H35ClN6O3S. The Balaban J connectivity index is 1.27. The van der Waals surface area contributed by atoms with Gasteiger partial charge in [-0.15, -0.1) is 5.10 Å². The van der Waals surface area contributed by atoms with Gasteiger partial charge in [0.2, 0.25) is 11.1 Å². The van der Waals surface area contributed by atoms with Gasteiger partial charge in [-0.1, -0.05) is 71.9 Å². The van der Waals surface area contributed by atoms with Crippen molar-refractivity contribution in [1.29, 1.82) is 0 Å². The molecule has 0 radical (unpaired) electrons. The number of benzene rings is 3. The van der Waals surface area contributed by atoms with Crippen LogP contribution in [0, 0.1) is 6.92 Å². The summed E-state index contributed by atoms with van der Waals surface area (Å²) in [5, 5.41) is 12.5. The first kappa shape index (κ1) is 30.7. The molecule has 6 rings (SSSR count). The fourth-order valence-electron chi connectivity index (χ4n) is 5.58. The lowest BCUT2D eigenvalue weighted by atomic mass is 9.95. The van der Waals surface area contributed by atoms with E-state index >= 15 is 0 Å². The molecule has 1 unspecified atom stereocenters. The molecule has 11 heteroatoms. The number of anilines is 2. The summed E-state index contributed by atoms with van der Waals surface area (Å²) in [6.45, 7) is 5.40. The zero-order valence-electron chi connectivity index (χ0n) is 25.3. The van der Waals surface area contributed by atoms with E-state index in [1.54, 1.807) is 4.68 Å². The Labute approximate surface area is 272 Å². The molecular weight excluding hydrogens is 608 g/mol. The average Bonchev–Trinajstić information content (AvgIpc) is 3.46. The number of allylic oxidation sites excluding steroid dienone is 1. The van der Waals surface area contributed by atoms with E-state index < -0.39 is 6.04 Å². The van der Waals surface area contributed by atoms with Gasteiger partial charge in [-0.2, -0.15) is 4.98 Å². The van der Waals surface area contributed by atoms with E-state index in [0.717, 1.165) is 54.7 Å². The zero-order valence-corrected chi connectivity index (χ0v) is 26.8. The number of amides is 2. The van der Waals surface area contributed by atoms with Crippen molar-refractivity contribution in [2.75, 3.05) is 30.3 Å². The highest BCUT2D eigenvalue weighted by Gasteiger charge is 2.34. The van der Waals surface area contributed by atoms with E-state index in [1.807, 2.05) is 91.5 Å². The Morgan fingerprint density at radius 2 is 1.73 bits per heavy atom. The van der Waals surface area contributed by atoms with Gasteiger partial charge in [0.25, 0.3) is 11.8 Å². The van der Waals surface area contributed by atoms with Crippen LogP contribution in [0.15, 0.2) is 89.2 Å². The van der Waals surface area contributed by atoms with Gasteiger partial charge < -0.3 is 20.3 Å². The summed E-state index contributed by atoms with van der Waals surface area (Å²) in [6, 6.07) is 22.3. The molecule has 0 saturated carbocycles. The average molecular weight is 643 g/mol. The number of rotatable bonds is 9. The smallest absolute Gasteiger partial charge is 0.260 e. The number of aryl methyl sites for hydroxylation is 1. The third kappa shape index (κ3) is 7.02. The molecule has 9 nitrogen and oxygen atoms in total. The van der Waals surface area contributed by atoms with Crippen molar-refractivity contribution in [2.45, 2.75) is 50.1 Å². The number of aromatic nitrogens is 3. The topological polar surface area (TPSA) is 101 Å². The number of hydrogen-bond acceptors (Lipinski definition) is 7. The van der Waals surface area contributed by atoms with E-state index in [4.69, 9.17) is 26.4 Å². The normalized spacial score (nSPS) is 16.2. The van der Waals surface area contributed by atoms with E-state index in [0.29, 0.717) is 38.9 Å². The second-order valence-corrected chi connectivity index (χ2v) is 12.5. The molecule has 4 aromatic rings. The van der Waals surface area contributed by atoms with Crippen LogP contribution in [0.1, 0.15) is 48.9 Å². The minimum atomic E-state index is -0.559. The number of thioether (sulfide) groups is 1. The van der Waals surface area contributed by atoms with Crippen molar-refractivity contribution in [3.8, 4) is 5.75 Å². The number of carbonyl (C=O) groups is 2. The minimum absolute atomic E-state index is 0.0000655. The minimum Gasteiger partial charge on any atom is -0.484 e. The quantitative estimate of drug-likeness (QED) is 0.193. The van der Waals surface area contributed by atoms with Crippen molar-refractivity contribution < 1.29 is 14.3 Å². The lowest BCUT2D eigenvalue weighted by Crippen LogP contribution is -2.38. The van der Waals surface area contributed by atoms with Gasteiger partial charge in [-0.25, -0.2) is 4.68 Å². The molecule has 232 valence electrons. The first-order chi connectivity index (χ1) is 21.9. The highest BCUT2D eigenvalue weighted by Crippen LogP contribution is 2.38. The second kappa shape index (κ2) is 13.8. The lowest BCUT2D eigenvalue weighted by Gasteiger charge is -2.29. The molecule has 2 aliphatic rings. The molecule has 2 aliphatic heterocycles. The number of piperidine rings is 1. The number of nitrogens with one attached hydrogen (secondary N) is 2. The summed E-state index contributed by atoms with van der Waals surface area (Å²) >= 11 is 7.86. The molecule has 3 heterocycles. The van der Waals surface area contributed by atoms with Crippen LogP contribution in [0.4, 0.5) is 11.6 Å². The predicted octanol–water partition coefficient (Wildman–Crippen LogP) is 6.85. The number of likely N-dealkylation sites (tertiary alicyclic amines) is 1. The van der Waals surface area contributed by atoms with Crippen LogP contribution >= 0.6 is 23.4 Å². The van der Waals surface area contributed by atoms with E-state index in [9.17, 15) is 9.59 Å². The van der Waals surface area contributed by atoms with E-state index in [2.05, 4.69) is 10.6 Å². The number of para-hydroxylation sites is 1. The Morgan fingerprint density at radius 1 is 1.00 bits per heavy atom. The van der Waals surface area contributed by atoms with E-state index in [-0.39, 0.29) is 18.4 Å². The van der Waals surface area contributed by atoms with Crippen molar-refractivity contribution in [1.82, 2.24) is 19.7 Å². The molecule has 45 heavy (non-hydrogen) atoms. The molecule has 0 bridgehead atoms. The first-order valence-electron chi connectivity index (χ1n) is 15.1. The first-order valence-corrected chi connectivity index (χ1v) is 16.4. The number of halogens is 1. The standard InChI is InChI=1S/C34H35ClN6O3S/c1-22-10-4-7-13-28(22)37-32(43)30-23(2)36-33-38-34(45-21-25-11-5-6-12-27(25)35)39-41(33)31(30)24-14-16-26(17-15-24)44-20-29(42)40-18-8-3-9-19-40/h4-7,10-17,31H,3,8-9,18-21H2,1-2H3,(H,37,43)(H,36,38,39). The van der Waals surface area contributed by atoms with Crippen LogP contribution in [0.5, 0.6) is 5.75 Å². The van der Waals surface area contributed by atoms with Gasteiger partial charge in [-0.3, -0.25) is 9.59 Å². The monoisotopic (exact) mass is 642 g/mol. The lowest BCUT2D eigenvalue weighted by molar-refractivity contribution is -0.134. The molecule has 1 atom stereocenters. The van der Waals surface area contributed by atoms with Crippen LogP contribution in [0.2, 0.25) is 5.02 Å². The van der Waals surface area contributed by atoms with Crippen molar-refractivity contribution >= 4 is 46.8 Å². The number of hydrogen-bond donors (Lipinski definition) is 2. The largest absolute Gasteiger partial charge is 0.484 e. The van der Waals surface area contributed by atoms with Gasteiger partial charge in [0.15, 0.2) is 6.61 Å². The fraction of sp³-hybridized carbons (Fsp3) is 0.294. The van der Waals surface area contributed by atoms with Gasteiger partial charge in [0.05, 0.1) is 5.57 Å². The Bertz CT molecular complexity index is 1730. The summed E-state index contributed by atoms with van der Waals surface area (Å²) in [7, 11) is 0. The Kier molecular flexibility index (Phi) is 9.42. The zero-order chi connectivity index (χ0) is 31.3. The van der Waals surface area contributed by atoms with Gasteiger partial charge in [0.1, 0.15) is 11.8 Å². The number of ether oxygens (including phenoxy) is 1. The summed E-state index contributed by atoms with van der Waals surface area (Å²) in [5.41, 5.74) is 4.72. The van der Waals surface area contributed by atoms with Crippen LogP contribution in [-0.2, 0) is 15.3 Å². The van der Waals surface area contributed by atoms with E-state index in [1.165, 1.54) is 11.8 Å². The fourth-order valence-corrected chi connectivity index (χ4v) is 6.70.